The minimum Gasteiger partial charge on any atom is -0.462 e. The Kier molecular flexibility index (Phi) is 11.9. The molecule has 2 aliphatic carbocycles. The molecule has 0 unspecified atom stereocenters. The van der Waals surface area contributed by atoms with E-state index in [2.05, 4.69) is 46.7 Å². The Morgan fingerprint density at radius 3 is 1.61 bits per heavy atom. The van der Waals surface area contributed by atoms with Gasteiger partial charge in [0.1, 0.15) is 23.7 Å². The van der Waals surface area contributed by atoms with Crippen molar-refractivity contribution in [3.63, 3.8) is 0 Å². The quantitative estimate of drug-likeness (QED) is 0.0825. The van der Waals surface area contributed by atoms with E-state index in [9.17, 15) is 19.2 Å². The van der Waals surface area contributed by atoms with Crippen molar-refractivity contribution in [3.05, 3.63) is 106 Å². The zero-order valence-electron chi connectivity index (χ0n) is 34.1. The maximum atomic E-state index is 12.5. The number of fused-ring (bicyclic) bond motifs is 2. The largest absolute Gasteiger partial charge is 0.462 e. The summed E-state index contributed by atoms with van der Waals surface area (Å²) in [5, 5.41) is 24.0. The van der Waals surface area contributed by atoms with Gasteiger partial charge in [0.25, 0.3) is 17.7 Å². The van der Waals surface area contributed by atoms with Gasteiger partial charge in [0.2, 0.25) is 0 Å². The molecule has 2 aliphatic rings. The number of carbonyl (C=O) groups excluding carboxylic acids is 4. The van der Waals surface area contributed by atoms with Crippen LogP contribution in [0.15, 0.2) is 61.4 Å². The first-order chi connectivity index (χ1) is 28.4. The van der Waals surface area contributed by atoms with E-state index in [1.165, 1.54) is 12.7 Å². The summed E-state index contributed by atoms with van der Waals surface area (Å²) in [6, 6.07) is 11.7. The molecule has 16 heteroatoms. The average Bonchev–Trinajstić information content (AvgIpc) is 4.16. The van der Waals surface area contributed by atoms with Crippen molar-refractivity contribution in [1.29, 1.82) is 0 Å². The van der Waals surface area contributed by atoms with Gasteiger partial charge >= 0.3 is 5.97 Å². The van der Waals surface area contributed by atoms with E-state index in [0.717, 1.165) is 71.2 Å². The number of rotatable bonds is 13. The van der Waals surface area contributed by atoms with Crippen LogP contribution in [0.2, 0.25) is 0 Å². The summed E-state index contributed by atoms with van der Waals surface area (Å²) in [6.45, 7) is 12.4. The maximum Gasteiger partial charge on any atom is 0.340 e. The Labute approximate surface area is 341 Å². The van der Waals surface area contributed by atoms with Crippen LogP contribution in [-0.4, -0.2) is 78.1 Å². The monoisotopic (exact) mass is 799 g/mol. The number of nitrogens with zero attached hydrogens (tertiary/aromatic N) is 6. The van der Waals surface area contributed by atoms with Crippen molar-refractivity contribution >= 4 is 57.7 Å². The fourth-order valence-electron chi connectivity index (χ4n) is 6.53. The molecule has 0 bridgehead atoms. The Balaban J connectivity index is 0.000000179. The van der Waals surface area contributed by atoms with Crippen LogP contribution in [0.5, 0.6) is 0 Å². The summed E-state index contributed by atoms with van der Waals surface area (Å²) in [7, 11) is 0. The third-order valence-corrected chi connectivity index (χ3v) is 10.3. The smallest absolute Gasteiger partial charge is 0.340 e. The molecule has 306 valence electrons. The van der Waals surface area contributed by atoms with E-state index in [0.29, 0.717) is 64.6 Å². The van der Waals surface area contributed by atoms with Gasteiger partial charge in [-0.1, -0.05) is 19.1 Å². The fourth-order valence-corrected chi connectivity index (χ4v) is 6.53. The van der Waals surface area contributed by atoms with Gasteiger partial charge in [-0.3, -0.25) is 14.4 Å². The van der Waals surface area contributed by atoms with E-state index >= 15 is 0 Å². The van der Waals surface area contributed by atoms with E-state index in [1.807, 2.05) is 71.0 Å². The van der Waals surface area contributed by atoms with Gasteiger partial charge in [-0.2, -0.15) is 10.2 Å². The number of ether oxygens (including phenoxy) is 1. The van der Waals surface area contributed by atoms with Crippen LogP contribution in [0.3, 0.4) is 0 Å². The minimum absolute atomic E-state index is 0.0675. The maximum absolute atomic E-state index is 12.5. The summed E-state index contributed by atoms with van der Waals surface area (Å²) in [5.41, 5.74) is 8.67. The molecule has 0 spiro atoms. The van der Waals surface area contributed by atoms with Crippen molar-refractivity contribution in [1.82, 2.24) is 45.1 Å². The number of esters is 1. The molecule has 4 heterocycles. The highest BCUT2D eigenvalue weighted by Crippen LogP contribution is 2.30. The first-order valence-corrected chi connectivity index (χ1v) is 19.9. The summed E-state index contributed by atoms with van der Waals surface area (Å²) >= 11 is 0. The van der Waals surface area contributed by atoms with Gasteiger partial charge in [-0.05, 0) is 113 Å². The number of benzene rings is 2. The number of nitrogens with one attached hydrogen (secondary N) is 5. The molecule has 0 saturated heterocycles. The molecule has 3 amide bonds. The zero-order chi connectivity index (χ0) is 41.8. The van der Waals surface area contributed by atoms with Crippen molar-refractivity contribution in [2.24, 2.45) is 0 Å². The molecule has 2 fully saturated rings. The van der Waals surface area contributed by atoms with Gasteiger partial charge in [-0.25, -0.2) is 23.8 Å². The van der Waals surface area contributed by atoms with Gasteiger partial charge in [0, 0.05) is 53.5 Å². The lowest BCUT2D eigenvalue weighted by Gasteiger charge is -2.12. The average molecular weight is 800 g/mol. The highest BCUT2D eigenvalue weighted by molar-refractivity contribution is 6.00. The Morgan fingerprint density at radius 2 is 1.15 bits per heavy atom. The van der Waals surface area contributed by atoms with E-state index in [-0.39, 0.29) is 17.7 Å². The highest BCUT2D eigenvalue weighted by atomic mass is 16.5. The van der Waals surface area contributed by atoms with Crippen LogP contribution in [0.1, 0.15) is 110 Å². The van der Waals surface area contributed by atoms with Crippen LogP contribution in [0, 0.1) is 27.7 Å². The highest BCUT2D eigenvalue weighted by Gasteiger charge is 2.26. The Morgan fingerprint density at radius 1 is 0.678 bits per heavy atom. The number of anilines is 4. The van der Waals surface area contributed by atoms with Crippen LogP contribution < -0.4 is 26.6 Å². The number of aromatic nitrogens is 6. The lowest BCUT2D eigenvalue weighted by atomic mass is 10.1. The summed E-state index contributed by atoms with van der Waals surface area (Å²) in [4.78, 5) is 58.3. The Bertz CT molecular complexity index is 2570. The number of amides is 3. The lowest BCUT2D eigenvalue weighted by Crippen LogP contribution is -2.25. The van der Waals surface area contributed by atoms with Crippen molar-refractivity contribution in [3.8, 4) is 0 Å². The molecule has 8 rings (SSSR count). The summed E-state index contributed by atoms with van der Waals surface area (Å²) < 4.78 is 8.39. The van der Waals surface area contributed by atoms with Gasteiger partial charge in [0.15, 0.2) is 11.6 Å². The van der Waals surface area contributed by atoms with Crippen molar-refractivity contribution < 1.29 is 23.9 Å². The molecular formula is C43H49N11O5. The normalized spacial score (nSPS) is 13.3. The first kappa shape index (κ1) is 40.4. The molecule has 0 aliphatic heterocycles. The summed E-state index contributed by atoms with van der Waals surface area (Å²) in [6.07, 6.45) is 11.3. The second-order valence-corrected chi connectivity index (χ2v) is 14.9. The molecule has 4 aromatic heterocycles. The van der Waals surface area contributed by atoms with Crippen LogP contribution in [-0.2, 0) is 4.74 Å². The second kappa shape index (κ2) is 17.3. The molecule has 0 atom stereocenters. The van der Waals surface area contributed by atoms with Crippen LogP contribution in [0.25, 0.3) is 11.0 Å². The molecule has 59 heavy (non-hydrogen) atoms. The molecule has 2 saturated carbocycles. The summed E-state index contributed by atoms with van der Waals surface area (Å²) in [5.74, 6) is 0.474. The molecule has 2 aromatic carbocycles. The van der Waals surface area contributed by atoms with Crippen molar-refractivity contribution in [2.45, 2.75) is 85.7 Å². The van der Waals surface area contributed by atoms with E-state index in [1.54, 1.807) is 28.3 Å². The van der Waals surface area contributed by atoms with Crippen LogP contribution >= 0.6 is 0 Å². The third kappa shape index (κ3) is 9.16. The van der Waals surface area contributed by atoms with Crippen molar-refractivity contribution in [2.75, 3.05) is 23.8 Å². The molecule has 16 nitrogen and oxygen atoms in total. The molecule has 5 N–H and O–H groups in total. The number of hydrogen-bond donors (Lipinski definition) is 5. The molecule has 0 radical (unpaired) electrons. The fraction of sp³-hybridized carbons (Fsp3) is 0.349. The Hall–Kier alpha value is -6.84. The lowest BCUT2D eigenvalue weighted by molar-refractivity contribution is 0.0525. The SMILES string of the molecule is CCCNC(=O)c1cn2ncnc(Nc3cc(C(=O)NC4CC4)ccc3C)c2c1C.CCOC(=O)c1cn2ncnc(Nc3cc(C(=O)NC4CC4)ccc3C)c2c1C. The standard InChI is InChI=1S/C22H26N6O2.C21H23N5O3/c1-4-9-23-22(30)17-11-28-19(14(17)3)20(24-12-25-28)27-18-10-15(6-5-13(18)2)21(29)26-16-7-8-16;1-4-29-21(28)16-10-26-18(13(16)3)19(22-11-23-26)25-17-9-14(6-5-12(17)2)20(27)24-15-7-8-15/h5-6,10-12,16H,4,7-9H2,1-3H3,(H,23,30)(H,26,29)(H,24,25,27);5-6,9-11,15H,4,7-8H2,1-3H3,(H,24,27)(H,22,23,25). The predicted molar refractivity (Wildman–Crippen MR) is 224 cm³/mol. The predicted octanol–water partition coefficient (Wildman–Crippen LogP) is 6.28. The number of carbonyl (C=O) groups is 4. The van der Waals surface area contributed by atoms with E-state index in [4.69, 9.17) is 4.74 Å². The van der Waals surface area contributed by atoms with Crippen LogP contribution in [0.4, 0.5) is 23.0 Å². The van der Waals surface area contributed by atoms with Gasteiger partial charge in [0.05, 0.1) is 17.7 Å². The van der Waals surface area contributed by atoms with Gasteiger partial charge < -0.3 is 31.3 Å². The number of hydrogen-bond acceptors (Lipinski definition) is 11. The van der Waals surface area contributed by atoms with E-state index < -0.39 is 5.97 Å². The number of aryl methyl sites for hydroxylation is 4. The van der Waals surface area contributed by atoms with Gasteiger partial charge in [-0.15, -0.1) is 0 Å². The first-order valence-electron chi connectivity index (χ1n) is 19.9. The second-order valence-electron chi connectivity index (χ2n) is 14.9. The topological polar surface area (TPSA) is 198 Å². The minimum atomic E-state index is -0.392. The molecular weight excluding hydrogens is 751 g/mol. The zero-order valence-corrected chi connectivity index (χ0v) is 34.1. The molecule has 6 aromatic rings. The third-order valence-electron chi connectivity index (χ3n) is 10.3.